The second kappa shape index (κ2) is 7.75. The van der Waals surface area contributed by atoms with Crippen LogP contribution in [0.25, 0.3) is 0 Å². The average Bonchev–Trinajstić information content (AvgIpc) is 2.49. The number of hydrogen-bond donors (Lipinski definition) is 0. The van der Waals surface area contributed by atoms with Gasteiger partial charge in [-0.3, -0.25) is 0 Å². The number of nitriles is 1. The second-order valence-electron chi connectivity index (χ2n) is 4.14. The molecule has 0 aromatic heterocycles. The molecule has 0 atom stereocenters. The van der Waals surface area contributed by atoms with E-state index in [0.717, 1.165) is 17.9 Å². The van der Waals surface area contributed by atoms with Crippen LogP contribution < -0.4 is 9.47 Å². The fourth-order valence-electron chi connectivity index (χ4n) is 1.60. The van der Waals surface area contributed by atoms with Crippen molar-refractivity contribution >= 4 is 22.6 Å². The normalized spacial score (nSPS) is 9.80. The number of nitrogens with zero attached hydrogens (tertiary/aromatic N) is 1. The number of hydrogen-bond acceptors (Lipinski definition) is 3. The molecule has 0 radical (unpaired) electrons. The molecular weight excluding hydrogens is 365 g/mol. The molecule has 0 bridgehead atoms. The van der Waals surface area contributed by atoms with E-state index in [1.807, 2.05) is 24.3 Å². The lowest BCUT2D eigenvalue weighted by Crippen LogP contribution is -2.04. The van der Waals surface area contributed by atoms with Crippen LogP contribution >= 0.6 is 22.6 Å². The summed E-state index contributed by atoms with van der Waals surface area (Å²) in [7, 11) is 0. The van der Waals surface area contributed by atoms with Crippen LogP contribution in [0.15, 0.2) is 48.5 Å². The molecule has 102 valence electrons. The lowest BCUT2D eigenvalue weighted by Gasteiger charge is -2.08. The molecule has 2 rings (SSSR count). The maximum absolute atomic E-state index is 8.69. The number of halogens is 1. The summed E-state index contributed by atoms with van der Waals surface area (Å²) in [4.78, 5) is 0. The number of ether oxygens (including phenoxy) is 2. The monoisotopic (exact) mass is 379 g/mol. The molecule has 0 amide bonds. The van der Waals surface area contributed by atoms with Gasteiger partial charge in [-0.15, -0.1) is 0 Å². The highest BCUT2D eigenvalue weighted by molar-refractivity contribution is 14.1. The van der Waals surface area contributed by atoms with Crippen LogP contribution in [0.3, 0.4) is 0 Å². The van der Waals surface area contributed by atoms with Gasteiger partial charge in [-0.05, 0) is 71.1 Å². The minimum atomic E-state index is 0.594. The van der Waals surface area contributed by atoms with Gasteiger partial charge in [0.05, 0.1) is 24.8 Å². The summed E-state index contributed by atoms with van der Waals surface area (Å²) in [5.74, 6) is 1.65. The SMILES string of the molecule is N#Cc1ccc(OCCCOc2ccc(I)cc2)cc1. The van der Waals surface area contributed by atoms with E-state index in [2.05, 4.69) is 28.7 Å². The molecule has 0 fully saturated rings. The van der Waals surface area contributed by atoms with Gasteiger partial charge in [-0.1, -0.05) is 0 Å². The van der Waals surface area contributed by atoms with Crippen LogP contribution in [0.2, 0.25) is 0 Å². The molecule has 0 spiro atoms. The van der Waals surface area contributed by atoms with Crippen molar-refractivity contribution in [2.75, 3.05) is 13.2 Å². The van der Waals surface area contributed by atoms with Gasteiger partial charge in [-0.2, -0.15) is 5.26 Å². The molecule has 0 aliphatic heterocycles. The zero-order valence-electron chi connectivity index (χ0n) is 10.9. The van der Waals surface area contributed by atoms with E-state index in [1.165, 1.54) is 3.57 Å². The lowest BCUT2D eigenvalue weighted by molar-refractivity contribution is 0.247. The van der Waals surface area contributed by atoms with Crippen molar-refractivity contribution in [2.24, 2.45) is 0 Å². The van der Waals surface area contributed by atoms with Crippen LogP contribution in [-0.4, -0.2) is 13.2 Å². The minimum Gasteiger partial charge on any atom is -0.493 e. The van der Waals surface area contributed by atoms with Gasteiger partial charge < -0.3 is 9.47 Å². The summed E-state index contributed by atoms with van der Waals surface area (Å²) in [6.07, 6.45) is 0.811. The van der Waals surface area contributed by atoms with Crippen molar-refractivity contribution < 1.29 is 9.47 Å². The van der Waals surface area contributed by atoms with Crippen LogP contribution in [0.5, 0.6) is 11.5 Å². The van der Waals surface area contributed by atoms with Gasteiger partial charge in [0.2, 0.25) is 0 Å². The minimum absolute atomic E-state index is 0.594. The Bertz CT molecular complexity index is 573. The van der Waals surface area contributed by atoms with E-state index in [1.54, 1.807) is 24.3 Å². The van der Waals surface area contributed by atoms with Crippen molar-refractivity contribution in [1.82, 2.24) is 0 Å². The zero-order chi connectivity index (χ0) is 14.2. The molecule has 0 heterocycles. The Balaban J connectivity index is 1.66. The summed E-state index contributed by atoms with van der Waals surface area (Å²) in [5, 5.41) is 8.69. The van der Waals surface area contributed by atoms with E-state index in [4.69, 9.17) is 14.7 Å². The molecule has 4 heteroatoms. The fraction of sp³-hybridized carbons (Fsp3) is 0.188. The highest BCUT2D eigenvalue weighted by Crippen LogP contribution is 2.14. The molecule has 20 heavy (non-hydrogen) atoms. The standard InChI is InChI=1S/C16H14INO2/c17-14-4-8-16(9-5-14)20-11-1-10-19-15-6-2-13(12-18)3-7-15/h2-9H,1,10-11H2. The third kappa shape index (κ3) is 4.74. The predicted octanol–water partition coefficient (Wildman–Crippen LogP) is 4.01. The first-order chi connectivity index (χ1) is 9.78. The zero-order valence-corrected chi connectivity index (χ0v) is 13.0. The van der Waals surface area contributed by atoms with Crippen molar-refractivity contribution in [3.63, 3.8) is 0 Å². The Morgan fingerprint density at radius 3 is 1.85 bits per heavy atom. The smallest absolute Gasteiger partial charge is 0.119 e. The van der Waals surface area contributed by atoms with Gasteiger partial charge >= 0.3 is 0 Å². The third-order valence-electron chi connectivity index (χ3n) is 2.62. The summed E-state index contributed by atoms with van der Waals surface area (Å²) >= 11 is 2.26. The first-order valence-corrected chi connectivity index (χ1v) is 7.37. The van der Waals surface area contributed by atoms with Gasteiger partial charge in [0.15, 0.2) is 0 Å². The molecule has 0 N–H and O–H groups in total. The highest BCUT2D eigenvalue weighted by Gasteiger charge is 1.96. The first kappa shape index (κ1) is 14.7. The van der Waals surface area contributed by atoms with E-state index in [-0.39, 0.29) is 0 Å². The van der Waals surface area contributed by atoms with Gasteiger partial charge in [0.25, 0.3) is 0 Å². The lowest BCUT2D eigenvalue weighted by atomic mass is 10.2. The molecular formula is C16H14INO2. The summed E-state index contributed by atoms with van der Waals surface area (Å²) in [6.45, 7) is 1.22. The van der Waals surface area contributed by atoms with Crippen LogP contribution in [-0.2, 0) is 0 Å². The number of rotatable bonds is 6. The quantitative estimate of drug-likeness (QED) is 0.563. The van der Waals surface area contributed by atoms with Crippen LogP contribution in [0.1, 0.15) is 12.0 Å². The molecule has 2 aromatic rings. The molecule has 0 aliphatic rings. The predicted molar refractivity (Wildman–Crippen MR) is 85.9 cm³/mol. The average molecular weight is 379 g/mol. The van der Waals surface area contributed by atoms with Gasteiger partial charge in [0.1, 0.15) is 11.5 Å². The van der Waals surface area contributed by atoms with Crippen LogP contribution in [0.4, 0.5) is 0 Å². The van der Waals surface area contributed by atoms with Crippen molar-refractivity contribution in [3.8, 4) is 17.6 Å². The first-order valence-electron chi connectivity index (χ1n) is 6.29. The van der Waals surface area contributed by atoms with Crippen LogP contribution in [0, 0.1) is 14.9 Å². The van der Waals surface area contributed by atoms with E-state index in [0.29, 0.717) is 18.8 Å². The molecule has 0 saturated carbocycles. The topological polar surface area (TPSA) is 42.2 Å². The highest BCUT2D eigenvalue weighted by atomic mass is 127. The summed E-state index contributed by atoms with van der Waals surface area (Å²) in [6, 6.07) is 17.1. The Morgan fingerprint density at radius 1 is 0.850 bits per heavy atom. The Kier molecular flexibility index (Phi) is 5.69. The van der Waals surface area contributed by atoms with Gasteiger partial charge in [-0.25, -0.2) is 0 Å². The van der Waals surface area contributed by atoms with Crippen molar-refractivity contribution in [2.45, 2.75) is 6.42 Å². The van der Waals surface area contributed by atoms with Crippen molar-refractivity contribution in [1.29, 1.82) is 5.26 Å². The summed E-state index contributed by atoms with van der Waals surface area (Å²) < 4.78 is 12.4. The fourth-order valence-corrected chi connectivity index (χ4v) is 1.96. The van der Waals surface area contributed by atoms with Gasteiger partial charge in [0, 0.05) is 9.99 Å². The second-order valence-corrected chi connectivity index (χ2v) is 5.39. The van der Waals surface area contributed by atoms with E-state index in [9.17, 15) is 0 Å². The summed E-state index contributed by atoms with van der Waals surface area (Å²) in [5.41, 5.74) is 0.638. The molecule has 2 aromatic carbocycles. The maximum atomic E-state index is 8.69. The van der Waals surface area contributed by atoms with Crippen molar-refractivity contribution in [3.05, 3.63) is 57.7 Å². The van der Waals surface area contributed by atoms with E-state index < -0.39 is 0 Å². The Morgan fingerprint density at radius 2 is 1.35 bits per heavy atom. The molecule has 0 unspecified atom stereocenters. The number of benzene rings is 2. The Labute approximate surface area is 132 Å². The maximum Gasteiger partial charge on any atom is 0.119 e. The van der Waals surface area contributed by atoms with E-state index >= 15 is 0 Å². The molecule has 3 nitrogen and oxygen atoms in total. The molecule has 0 saturated heterocycles. The molecule has 0 aliphatic carbocycles. The largest absolute Gasteiger partial charge is 0.493 e. The Hall–Kier alpha value is -1.74. The third-order valence-corrected chi connectivity index (χ3v) is 3.34.